The molecule has 0 aliphatic heterocycles. The Morgan fingerprint density at radius 2 is 1.82 bits per heavy atom. The molecule has 0 radical (unpaired) electrons. The first kappa shape index (κ1) is 20.9. The third-order valence-electron chi connectivity index (χ3n) is 4.88. The van der Waals surface area contributed by atoms with Crippen LogP contribution in [-0.4, -0.2) is 9.97 Å². The molecule has 0 spiro atoms. The zero-order chi connectivity index (χ0) is 19.8. The van der Waals surface area contributed by atoms with Gasteiger partial charge in [0.1, 0.15) is 5.82 Å². The first-order valence-corrected chi connectivity index (χ1v) is 10.7. The highest BCUT2D eigenvalue weighted by Crippen LogP contribution is 2.29. The summed E-state index contributed by atoms with van der Waals surface area (Å²) < 4.78 is 0. The third kappa shape index (κ3) is 5.84. The minimum atomic E-state index is 0.189. The molecule has 0 amide bonds. The number of aromatic nitrogens is 2. The molecule has 0 bridgehead atoms. The zero-order valence-corrected chi connectivity index (χ0v) is 17.7. The SMILES string of the molecule is CCCCCC[C@H](NCc1ccccc1)c1nc(-c2ccc(Cl)c(Cl)c2)c[nH]1. The van der Waals surface area contributed by atoms with Gasteiger partial charge in [0.15, 0.2) is 0 Å². The van der Waals surface area contributed by atoms with E-state index in [9.17, 15) is 0 Å². The molecule has 1 atom stereocenters. The summed E-state index contributed by atoms with van der Waals surface area (Å²) in [6.45, 7) is 3.06. The van der Waals surface area contributed by atoms with Crippen LogP contribution in [-0.2, 0) is 6.54 Å². The summed E-state index contributed by atoms with van der Waals surface area (Å²) >= 11 is 12.2. The first-order chi connectivity index (χ1) is 13.7. The third-order valence-corrected chi connectivity index (χ3v) is 5.62. The molecule has 5 heteroatoms. The predicted molar refractivity (Wildman–Crippen MR) is 119 cm³/mol. The Labute approximate surface area is 177 Å². The van der Waals surface area contributed by atoms with Gasteiger partial charge in [-0.25, -0.2) is 4.98 Å². The Hall–Kier alpha value is -1.81. The number of nitrogens with one attached hydrogen (secondary N) is 2. The van der Waals surface area contributed by atoms with Gasteiger partial charge in [-0.3, -0.25) is 0 Å². The van der Waals surface area contributed by atoms with Crippen molar-refractivity contribution in [2.45, 2.75) is 51.6 Å². The Kier molecular flexibility index (Phi) is 7.96. The van der Waals surface area contributed by atoms with E-state index in [4.69, 9.17) is 28.2 Å². The summed E-state index contributed by atoms with van der Waals surface area (Å²) in [6.07, 6.45) is 7.95. The number of hydrogen-bond donors (Lipinski definition) is 2. The monoisotopic (exact) mass is 415 g/mol. The Morgan fingerprint density at radius 3 is 2.57 bits per heavy atom. The minimum Gasteiger partial charge on any atom is -0.347 e. The van der Waals surface area contributed by atoms with Gasteiger partial charge >= 0.3 is 0 Å². The van der Waals surface area contributed by atoms with Gasteiger partial charge in [0.25, 0.3) is 0 Å². The zero-order valence-electron chi connectivity index (χ0n) is 16.2. The van der Waals surface area contributed by atoms with E-state index >= 15 is 0 Å². The number of hydrogen-bond acceptors (Lipinski definition) is 2. The fourth-order valence-corrected chi connectivity index (χ4v) is 3.56. The second-order valence-corrected chi connectivity index (χ2v) is 7.88. The molecule has 3 aromatic rings. The number of nitrogens with zero attached hydrogens (tertiary/aromatic N) is 1. The molecule has 0 aliphatic rings. The van der Waals surface area contributed by atoms with Crippen LogP contribution in [0.15, 0.2) is 54.7 Å². The van der Waals surface area contributed by atoms with Crippen molar-refractivity contribution >= 4 is 23.2 Å². The second kappa shape index (κ2) is 10.7. The molecule has 0 aliphatic carbocycles. The van der Waals surface area contributed by atoms with Gasteiger partial charge in [-0.05, 0) is 24.1 Å². The highest BCUT2D eigenvalue weighted by molar-refractivity contribution is 6.42. The molecule has 0 saturated heterocycles. The first-order valence-electron chi connectivity index (χ1n) is 9.95. The van der Waals surface area contributed by atoms with Gasteiger partial charge in [0, 0.05) is 18.3 Å². The Balaban J connectivity index is 1.72. The van der Waals surface area contributed by atoms with E-state index in [0.29, 0.717) is 10.0 Å². The largest absolute Gasteiger partial charge is 0.347 e. The van der Waals surface area contributed by atoms with E-state index < -0.39 is 0 Å². The van der Waals surface area contributed by atoms with Crippen molar-refractivity contribution in [3.05, 3.63) is 76.2 Å². The molecule has 2 N–H and O–H groups in total. The molecule has 28 heavy (non-hydrogen) atoms. The number of aromatic amines is 1. The summed E-state index contributed by atoms with van der Waals surface area (Å²) in [6, 6.07) is 16.3. The number of imidazole rings is 1. The standard InChI is InChI=1S/C23H27Cl2N3/c1-2-3-4-8-11-21(26-15-17-9-6-5-7-10-17)23-27-16-22(28-23)18-12-13-19(24)20(25)14-18/h5-7,9-10,12-14,16,21,26H,2-4,8,11,15H2,1H3,(H,27,28)/t21-/m0/s1. The van der Waals surface area contributed by atoms with Crippen LogP contribution >= 0.6 is 23.2 Å². The van der Waals surface area contributed by atoms with Crippen molar-refractivity contribution in [2.24, 2.45) is 0 Å². The van der Waals surface area contributed by atoms with Crippen molar-refractivity contribution in [1.29, 1.82) is 0 Å². The summed E-state index contributed by atoms with van der Waals surface area (Å²) in [5.74, 6) is 0.966. The van der Waals surface area contributed by atoms with Gasteiger partial charge < -0.3 is 10.3 Å². The van der Waals surface area contributed by atoms with Crippen molar-refractivity contribution in [3.63, 3.8) is 0 Å². The average Bonchev–Trinajstić information content (AvgIpc) is 3.20. The summed E-state index contributed by atoms with van der Waals surface area (Å²) in [5.41, 5.74) is 3.12. The van der Waals surface area contributed by atoms with Gasteiger partial charge in [-0.15, -0.1) is 0 Å². The van der Waals surface area contributed by atoms with Crippen molar-refractivity contribution in [3.8, 4) is 11.3 Å². The van der Waals surface area contributed by atoms with Gasteiger partial charge in [0.2, 0.25) is 0 Å². The second-order valence-electron chi connectivity index (χ2n) is 7.07. The number of rotatable bonds is 10. The minimum absolute atomic E-state index is 0.189. The molecule has 3 nitrogen and oxygen atoms in total. The topological polar surface area (TPSA) is 40.7 Å². The van der Waals surface area contributed by atoms with E-state index in [1.165, 1.54) is 31.2 Å². The molecule has 0 saturated carbocycles. The van der Waals surface area contributed by atoms with Crippen LogP contribution in [0.5, 0.6) is 0 Å². The van der Waals surface area contributed by atoms with Crippen LogP contribution in [0.25, 0.3) is 11.3 Å². The highest BCUT2D eigenvalue weighted by Gasteiger charge is 2.16. The molecule has 148 valence electrons. The summed E-state index contributed by atoms with van der Waals surface area (Å²) in [4.78, 5) is 8.21. The molecular formula is C23H27Cl2N3. The number of halogens is 2. The number of unbranched alkanes of at least 4 members (excludes halogenated alkanes) is 3. The molecule has 2 aromatic carbocycles. The molecular weight excluding hydrogens is 389 g/mol. The molecule has 1 aromatic heterocycles. The van der Waals surface area contributed by atoms with Crippen LogP contribution in [0.2, 0.25) is 10.0 Å². The van der Waals surface area contributed by atoms with E-state index in [-0.39, 0.29) is 6.04 Å². The lowest BCUT2D eigenvalue weighted by molar-refractivity contribution is 0.453. The van der Waals surface area contributed by atoms with Crippen LogP contribution < -0.4 is 5.32 Å². The predicted octanol–water partition coefficient (Wildman–Crippen LogP) is 7.18. The van der Waals surface area contributed by atoms with Crippen molar-refractivity contribution in [2.75, 3.05) is 0 Å². The molecule has 3 rings (SSSR count). The summed E-state index contributed by atoms with van der Waals surface area (Å²) in [5, 5.41) is 4.77. The van der Waals surface area contributed by atoms with Crippen molar-refractivity contribution in [1.82, 2.24) is 15.3 Å². The van der Waals surface area contributed by atoms with Crippen LogP contribution in [0.4, 0.5) is 0 Å². The molecule has 0 unspecified atom stereocenters. The smallest absolute Gasteiger partial charge is 0.124 e. The Morgan fingerprint density at radius 1 is 1.00 bits per heavy atom. The van der Waals surface area contributed by atoms with E-state index in [1.807, 2.05) is 30.5 Å². The maximum atomic E-state index is 6.17. The lowest BCUT2D eigenvalue weighted by atomic mass is 10.1. The molecule has 0 fully saturated rings. The van der Waals surface area contributed by atoms with E-state index in [1.54, 1.807) is 0 Å². The van der Waals surface area contributed by atoms with E-state index in [0.717, 1.165) is 30.0 Å². The van der Waals surface area contributed by atoms with E-state index in [2.05, 4.69) is 41.5 Å². The lowest BCUT2D eigenvalue weighted by Crippen LogP contribution is -2.22. The van der Waals surface area contributed by atoms with Gasteiger partial charge in [0.05, 0.1) is 21.8 Å². The fourth-order valence-electron chi connectivity index (χ4n) is 3.27. The normalized spacial score (nSPS) is 12.2. The van der Waals surface area contributed by atoms with Crippen LogP contribution in [0.3, 0.4) is 0 Å². The van der Waals surface area contributed by atoms with Crippen LogP contribution in [0.1, 0.15) is 56.5 Å². The van der Waals surface area contributed by atoms with Crippen molar-refractivity contribution < 1.29 is 0 Å². The molecule has 1 heterocycles. The highest BCUT2D eigenvalue weighted by atomic mass is 35.5. The number of benzene rings is 2. The maximum Gasteiger partial charge on any atom is 0.124 e. The number of H-pyrrole nitrogens is 1. The van der Waals surface area contributed by atoms with Gasteiger partial charge in [-0.1, -0.05) is 92.2 Å². The Bertz CT molecular complexity index is 861. The lowest BCUT2D eigenvalue weighted by Gasteiger charge is -2.17. The van der Waals surface area contributed by atoms with Crippen LogP contribution in [0, 0.1) is 0 Å². The average molecular weight is 416 g/mol. The fraction of sp³-hybridized carbons (Fsp3) is 0.348. The summed E-state index contributed by atoms with van der Waals surface area (Å²) in [7, 11) is 0. The maximum absolute atomic E-state index is 6.17. The van der Waals surface area contributed by atoms with Gasteiger partial charge in [-0.2, -0.15) is 0 Å². The quantitative estimate of drug-likeness (QED) is 0.344.